The lowest BCUT2D eigenvalue weighted by atomic mass is 9.72. The molecule has 1 saturated heterocycles. The van der Waals surface area contributed by atoms with E-state index in [1.54, 1.807) is 4.90 Å². The fraction of sp³-hybridized carbons (Fsp3) is 0.462. The molecule has 1 aliphatic heterocycles. The first-order chi connectivity index (χ1) is 8.21. The minimum atomic E-state index is -0.223. The van der Waals surface area contributed by atoms with E-state index >= 15 is 0 Å². The number of carbonyl (C=O) groups excluding carboxylic acids is 1. The lowest BCUT2D eigenvalue weighted by molar-refractivity contribution is 0.249. The highest BCUT2D eigenvalue weighted by molar-refractivity contribution is 5.95. The second-order valence-electron chi connectivity index (χ2n) is 4.91. The lowest BCUT2D eigenvalue weighted by Gasteiger charge is -2.40. The van der Waals surface area contributed by atoms with E-state index in [2.05, 4.69) is 11.4 Å². The summed E-state index contributed by atoms with van der Waals surface area (Å²) in [6, 6.07) is 8.00. The van der Waals surface area contributed by atoms with E-state index in [0.29, 0.717) is 6.54 Å². The second kappa shape index (κ2) is 3.74. The highest BCUT2D eigenvalue weighted by Crippen LogP contribution is 2.42. The Morgan fingerprint density at radius 1 is 1.29 bits per heavy atom. The number of hydrogen-bond acceptors (Lipinski definition) is 2. The number of nitrogens with two attached hydrogens (primary N) is 1. The number of benzene rings is 1. The number of amides is 2. The molecule has 3 N–H and O–H groups in total. The molecule has 0 bridgehead atoms. The number of nitrogens with zero attached hydrogens (tertiary/aromatic N) is 1. The van der Waals surface area contributed by atoms with E-state index in [0.717, 1.165) is 30.6 Å². The Balaban J connectivity index is 2.01. The standard InChI is InChI=1S/C13H17N3O/c14-13(6-3-7-13)10-4-1-2-5-11(10)16-9-8-15-12(16)17/h1-2,4-5H,3,6-9,14H2,(H,15,17). The van der Waals surface area contributed by atoms with Crippen molar-refractivity contribution in [1.29, 1.82) is 0 Å². The van der Waals surface area contributed by atoms with Crippen molar-refractivity contribution < 1.29 is 4.79 Å². The summed E-state index contributed by atoms with van der Waals surface area (Å²) in [5, 5.41) is 2.83. The molecule has 0 radical (unpaired) electrons. The summed E-state index contributed by atoms with van der Waals surface area (Å²) in [6.07, 6.45) is 3.20. The number of carbonyl (C=O) groups is 1. The van der Waals surface area contributed by atoms with E-state index in [1.165, 1.54) is 6.42 Å². The van der Waals surface area contributed by atoms with Crippen LogP contribution >= 0.6 is 0 Å². The van der Waals surface area contributed by atoms with Gasteiger partial charge in [-0.05, 0) is 30.9 Å². The topological polar surface area (TPSA) is 58.4 Å². The van der Waals surface area contributed by atoms with Crippen LogP contribution in [0.15, 0.2) is 24.3 Å². The monoisotopic (exact) mass is 231 g/mol. The van der Waals surface area contributed by atoms with Gasteiger partial charge in [-0.3, -0.25) is 4.90 Å². The van der Waals surface area contributed by atoms with Crippen molar-refractivity contribution in [1.82, 2.24) is 5.32 Å². The van der Waals surface area contributed by atoms with Crippen molar-refractivity contribution in [2.75, 3.05) is 18.0 Å². The molecule has 90 valence electrons. The van der Waals surface area contributed by atoms with Crippen LogP contribution in [0.1, 0.15) is 24.8 Å². The Kier molecular flexibility index (Phi) is 2.33. The number of nitrogens with one attached hydrogen (secondary N) is 1. The number of hydrogen-bond donors (Lipinski definition) is 2. The Bertz CT molecular complexity index is 454. The van der Waals surface area contributed by atoms with Gasteiger partial charge in [0, 0.05) is 18.6 Å². The molecule has 4 nitrogen and oxygen atoms in total. The Hall–Kier alpha value is -1.55. The number of para-hydroxylation sites is 1. The molecule has 0 atom stereocenters. The Morgan fingerprint density at radius 3 is 2.65 bits per heavy atom. The quantitative estimate of drug-likeness (QED) is 0.811. The third-order valence-electron chi connectivity index (χ3n) is 3.83. The van der Waals surface area contributed by atoms with Gasteiger partial charge in [0.1, 0.15) is 0 Å². The summed E-state index contributed by atoms with van der Waals surface area (Å²) in [5.74, 6) is 0. The highest BCUT2D eigenvalue weighted by atomic mass is 16.2. The average molecular weight is 231 g/mol. The van der Waals surface area contributed by atoms with Crippen molar-refractivity contribution in [3.8, 4) is 0 Å². The second-order valence-corrected chi connectivity index (χ2v) is 4.91. The molecule has 3 rings (SSSR count). The van der Waals surface area contributed by atoms with Crippen LogP contribution in [0.5, 0.6) is 0 Å². The Labute approximate surface area is 101 Å². The first kappa shape index (κ1) is 10.6. The number of urea groups is 1. The van der Waals surface area contributed by atoms with Crippen LogP contribution in [0, 0.1) is 0 Å². The predicted molar refractivity (Wildman–Crippen MR) is 66.9 cm³/mol. The van der Waals surface area contributed by atoms with E-state index in [1.807, 2.05) is 18.2 Å². The smallest absolute Gasteiger partial charge is 0.322 e. The third kappa shape index (κ3) is 1.60. The summed E-state index contributed by atoms with van der Waals surface area (Å²) in [6.45, 7) is 1.44. The van der Waals surface area contributed by atoms with Gasteiger partial charge in [-0.25, -0.2) is 4.79 Å². The molecule has 0 unspecified atom stereocenters. The van der Waals surface area contributed by atoms with Crippen LogP contribution in [0.25, 0.3) is 0 Å². The van der Waals surface area contributed by atoms with Gasteiger partial charge in [-0.2, -0.15) is 0 Å². The van der Waals surface area contributed by atoms with E-state index < -0.39 is 0 Å². The number of rotatable bonds is 2. The molecule has 4 heteroatoms. The van der Waals surface area contributed by atoms with Crippen LogP contribution in [0.2, 0.25) is 0 Å². The molecule has 2 aliphatic rings. The predicted octanol–water partition coefficient (Wildman–Crippen LogP) is 1.55. The molecular formula is C13H17N3O. The zero-order chi connectivity index (χ0) is 11.9. The summed E-state index contributed by atoms with van der Waals surface area (Å²) in [4.78, 5) is 13.5. The van der Waals surface area contributed by atoms with E-state index in [-0.39, 0.29) is 11.6 Å². The van der Waals surface area contributed by atoms with E-state index in [9.17, 15) is 4.79 Å². The maximum atomic E-state index is 11.7. The lowest BCUT2D eigenvalue weighted by Crippen LogP contribution is -2.44. The highest BCUT2D eigenvalue weighted by Gasteiger charge is 2.38. The van der Waals surface area contributed by atoms with Crippen molar-refractivity contribution in [2.45, 2.75) is 24.8 Å². The summed E-state index contributed by atoms with van der Waals surface area (Å²) >= 11 is 0. The molecule has 1 aromatic carbocycles. The van der Waals surface area contributed by atoms with Gasteiger partial charge in [-0.15, -0.1) is 0 Å². The first-order valence-corrected chi connectivity index (χ1v) is 6.14. The molecule has 2 fully saturated rings. The molecule has 1 aliphatic carbocycles. The minimum Gasteiger partial charge on any atom is -0.336 e. The van der Waals surface area contributed by atoms with Gasteiger partial charge >= 0.3 is 6.03 Å². The molecule has 17 heavy (non-hydrogen) atoms. The fourth-order valence-corrected chi connectivity index (χ4v) is 2.66. The third-order valence-corrected chi connectivity index (χ3v) is 3.83. The normalized spacial score (nSPS) is 22.2. The van der Waals surface area contributed by atoms with Crippen LogP contribution in [-0.4, -0.2) is 19.1 Å². The van der Waals surface area contributed by atoms with E-state index in [4.69, 9.17) is 5.73 Å². The molecule has 0 aromatic heterocycles. The van der Waals surface area contributed by atoms with Crippen molar-refractivity contribution >= 4 is 11.7 Å². The molecule has 1 heterocycles. The minimum absolute atomic E-state index is 0.0135. The summed E-state index contributed by atoms with van der Waals surface area (Å²) in [5.41, 5.74) is 8.25. The summed E-state index contributed by atoms with van der Waals surface area (Å²) < 4.78 is 0. The maximum Gasteiger partial charge on any atom is 0.322 e. The van der Waals surface area contributed by atoms with Crippen molar-refractivity contribution in [3.63, 3.8) is 0 Å². The summed E-state index contributed by atoms with van der Waals surface area (Å²) in [7, 11) is 0. The van der Waals surface area contributed by atoms with Crippen molar-refractivity contribution in [3.05, 3.63) is 29.8 Å². The zero-order valence-electron chi connectivity index (χ0n) is 9.78. The van der Waals surface area contributed by atoms with Gasteiger partial charge in [-0.1, -0.05) is 18.2 Å². The van der Waals surface area contributed by atoms with Crippen LogP contribution < -0.4 is 16.0 Å². The first-order valence-electron chi connectivity index (χ1n) is 6.14. The van der Waals surface area contributed by atoms with Gasteiger partial charge in [0.2, 0.25) is 0 Å². The largest absolute Gasteiger partial charge is 0.336 e. The molecule has 1 aromatic rings. The molecular weight excluding hydrogens is 214 g/mol. The van der Waals surface area contributed by atoms with Crippen LogP contribution in [-0.2, 0) is 5.54 Å². The average Bonchev–Trinajstić information content (AvgIpc) is 2.72. The van der Waals surface area contributed by atoms with Gasteiger partial charge < -0.3 is 11.1 Å². The molecule has 2 amide bonds. The van der Waals surface area contributed by atoms with Crippen molar-refractivity contribution in [2.24, 2.45) is 5.73 Å². The van der Waals surface area contributed by atoms with Gasteiger partial charge in [0.05, 0.1) is 5.69 Å². The number of anilines is 1. The van der Waals surface area contributed by atoms with Crippen LogP contribution in [0.3, 0.4) is 0 Å². The van der Waals surface area contributed by atoms with Gasteiger partial charge in [0.15, 0.2) is 0 Å². The zero-order valence-corrected chi connectivity index (χ0v) is 9.78. The molecule has 1 saturated carbocycles. The maximum absolute atomic E-state index is 11.7. The fourth-order valence-electron chi connectivity index (χ4n) is 2.66. The molecule has 0 spiro atoms. The van der Waals surface area contributed by atoms with Crippen LogP contribution in [0.4, 0.5) is 10.5 Å². The van der Waals surface area contributed by atoms with Gasteiger partial charge in [0.25, 0.3) is 0 Å². The SMILES string of the molecule is NC1(c2ccccc2N2CCNC2=O)CCC1. The Morgan fingerprint density at radius 2 is 2.06 bits per heavy atom.